The van der Waals surface area contributed by atoms with Gasteiger partial charge in [0.25, 0.3) is 5.91 Å². The molecular formula is C17H21ClN4O2S. The minimum absolute atomic E-state index is 0.0623. The Morgan fingerprint density at radius 3 is 2.80 bits per heavy atom. The topological polar surface area (TPSA) is 76.1 Å². The van der Waals surface area contributed by atoms with Crippen molar-refractivity contribution in [1.29, 1.82) is 0 Å². The average molecular weight is 381 g/mol. The van der Waals surface area contributed by atoms with E-state index in [-0.39, 0.29) is 18.1 Å². The van der Waals surface area contributed by atoms with Crippen LogP contribution in [0, 0.1) is 6.92 Å². The fourth-order valence-corrected chi connectivity index (χ4v) is 3.91. The summed E-state index contributed by atoms with van der Waals surface area (Å²) in [7, 11) is 1.80. The van der Waals surface area contributed by atoms with Crippen molar-refractivity contribution in [3.8, 4) is 5.88 Å². The number of hydrogen-bond acceptors (Lipinski definition) is 6. The smallest absolute Gasteiger partial charge is 0.256 e. The third kappa shape index (κ3) is 4.22. The lowest BCUT2D eigenvalue weighted by molar-refractivity contribution is 0.0890. The van der Waals surface area contributed by atoms with Crippen molar-refractivity contribution >= 4 is 34.0 Å². The summed E-state index contributed by atoms with van der Waals surface area (Å²) in [6.07, 6.45) is 5.20. The van der Waals surface area contributed by atoms with Crippen LogP contribution in [-0.4, -0.2) is 34.5 Å². The van der Waals surface area contributed by atoms with E-state index in [4.69, 9.17) is 16.3 Å². The molecule has 0 atom stereocenters. The van der Waals surface area contributed by atoms with Crippen molar-refractivity contribution in [1.82, 2.24) is 14.7 Å². The van der Waals surface area contributed by atoms with E-state index in [0.29, 0.717) is 16.5 Å². The number of nitrogens with zero attached hydrogens (tertiary/aromatic N) is 2. The van der Waals surface area contributed by atoms with Crippen LogP contribution < -0.4 is 15.4 Å². The first-order valence-corrected chi connectivity index (χ1v) is 9.45. The van der Waals surface area contributed by atoms with Crippen LogP contribution in [0.25, 0.3) is 0 Å². The first kappa shape index (κ1) is 17.9. The molecule has 0 aromatic carbocycles. The number of anilines is 1. The molecule has 0 aliphatic heterocycles. The zero-order chi connectivity index (χ0) is 17.8. The SMILES string of the molecule is CNc1snc(C)c1C(=O)NC1CCC(Oc2ncccc2Cl)CC1. The van der Waals surface area contributed by atoms with E-state index in [1.165, 1.54) is 11.5 Å². The van der Waals surface area contributed by atoms with Crippen LogP contribution in [0.2, 0.25) is 5.02 Å². The lowest BCUT2D eigenvalue weighted by atomic mass is 9.92. The number of aryl methyl sites for hydroxylation is 1. The Morgan fingerprint density at radius 1 is 1.36 bits per heavy atom. The van der Waals surface area contributed by atoms with Gasteiger partial charge in [0.1, 0.15) is 16.1 Å². The van der Waals surface area contributed by atoms with Gasteiger partial charge in [0.2, 0.25) is 5.88 Å². The molecule has 2 aromatic rings. The van der Waals surface area contributed by atoms with E-state index in [1.54, 1.807) is 25.4 Å². The number of nitrogens with one attached hydrogen (secondary N) is 2. The fourth-order valence-electron chi connectivity index (χ4n) is 3.01. The molecule has 2 heterocycles. The zero-order valence-corrected chi connectivity index (χ0v) is 15.8. The van der Waals surface area contributed by atoms with E-state index in [0.717, 1.165) is 36.4 Å². The first-order chi connectivity index (χ1) is 12.1. The number of carbonyl (C=O) groups is 1. The molecule has 3 rings (SSSR count). The van der Waals surface area contributed by atoms with Gasteiger partial charge in [-0.05, 0) is 56.3 Å². The largest absolute Gasteiger partial charge is 0.473 e. The van der Waals surface area contributed by atoms with Crippen molar-refractivity contribution in [2.45, 2.75) is 44.8 Å². The molecule has 25 heavy (non-hydrogen) atoms. The molecule has 6 nitrogen and oxygen atoms in total. The Morgan fingerprint density at radius 2 is 2.12 bits per heavy atom. The van der Waals surface area contributed by atoms with Crippen LogP contribution in [0.1, 0.15) is 41.7 Å². The predicted molar refractivity (Wildman–Crippen MR) is 99.8 cm³/mol. The van der Waals surface area contributed by atoms with Gasteiger partial charge in [-0.15, -0.1) is 0 Å². The molecule has 0 bridgehead atoms. The van der Waals surface area contributed by atoms with E-state index in [1.807, 2.05) is 6.92 Å². The number of amides is 1. The summed E-state index contributed by atoms with van der Waals surface area (Å²) < 4.78 is 10.1. The van der Waals surface area contributed by atoms with E-state index in [9.17, 15) is 4.79 Å². The number of aromatic nitrogens is 2. The Balaban J connectivity index is 1.53. The summed E-state index contributed by atoms with van der Waals surface area (Å²) in [4.78, 5) is 16.7. The molecule has 8 heteroatoms. The zero-order valence-electron chi connectivity index (χ0n) is 14.2. The highest BCUT2D eigenvalue weighted by Gasteiger charge is 2.26. The molecular weight excluding hydrogens is 360 g/mol. The molecule has 0 unspecified atom stereocenters. The number of pyridine rings is 1. The minimum Gasteiger partial charge on any atom is -0.473 e. The second-order valence-electron chi connectivity index (χ2n) is 6.08. The summed E-state index contributed by atoms with van der Waals surface area (Å²) in [6, 6.07) is 3.70. The van der Waals surface area contributed by atoms with Gasteiger partial charge in [-0.3, -0.25) is 4.79 Å². The van der Waals surface area contributed by atoms with Gasteiger partial charge in [-0.2, -0.15) is 4.37 Å². The molecule has 0 spiro atoms. The van der Waals surface area contributed by atoms with Crippen molar-refractivity contribution in [3.63, 3.8) is 0 Å². The van der Waals surface area contributed by atoms with Crippen LogP contribution in [0.3, 0.4) is 0 Å². The summed E-state index contributed by atoms with van der Waals surface area (Å²) in [5.74, 6) is 0.419. The maximum atomic E-state index is 12.5. The third-order valence-electron chi connectivity index (χ3n) is 4.33. The van der Waals surface area contributed by atoms with Crippen LogP contribution in [0.15, 0.2) is 18.3 Å². The number of rotatable bonds is 5. The fraction of sp³-hybridized carbons (Fsp3) is 0.471. The summed E-state index contributed by atoms with van der Waals surface area (Å²) in [6.45, 7) is 1.85. The van der Waals surface area contributed by atoms with Crippen molar-refractivity contribution in [2.24, 2.45) is 0 Å². The molecule has 2 N–H and O–H groups in total. The quantitative estimate of drug-likeness (QED) is 0.827. The van der Waals surface area contributed by atoms with Crippen LogP contribution in [0.4, 0.5) is 5.00 Å². The predicted octanol–water partition coefficient (Wildman–Crippen LogP) is 3.66. The highest BCUT2D eigenvalue weighted by Crippen LogP contribution is 2.28. The second kappa shape index (κ2) is 8.01. The van der Waals surface area contributed by atoms with Gasteiger partial charge < -0.3 is 15.4 Å². The minimum atomic E-state index is -0.0623. The van der Waals surface area contributed by atoms with Gasteiger partial charge in [-0.1, -0.05) is 11.6 Å². The van der Waals surface area contributed by atoms with E-state index < -0.39 is 0 Å². The van der Waals surface area contributed by atoms with E-state index >= 15 is 0 Å². The summed E-state index contributed by atoms with van der Waals surface area (Å²) >= 11 is 7.39. The van der Waals surface area contributed by atoms with Gasteiger partial charge >= 0.3 is 0 Å². The first-order valence-electron chi connectivity index (χ1n) is 8.30. The molecule has 1 aliphatic carbocycles. The Kier molecular flexibility index (Phi) is 5.75. The maximum absolute atomic E-state index is 12.5. The number of hydrogen-bond donors (Lipinski definition) is 2. The molecule has 0 saturated heterocycles. The monoisotopic (exact) mass is 380 g/mol. The number of ether oxygens (including phenoxy) is 1. The molecule has 1 fully saturated rings. The molecule has 2 aromatic heterocycles. The third-order valence-corrected chi connectivity index (χ3v) is 5.57. The average Bonchev–Trinajstić information content (AvgIpc) is 2.99. The lowest BCUT2D eigenvalue weighted by Crippen LogP contribution is -2.40. The molecule has 134 valence electrons. The Bertz CT molecular complexity index is 744. The molecule has 0 radical (unpaired) electrons. The second-order valence-corrected chi connectivity index (χ2v) is 7.26. The van der Waals surface area contributed by atoms with Gasteiger partial charge in [0.15, 0.2) is 0 Å². The van der Waals surface area contributed by atoms with Crippen molar-refractivity contribution in [3.05, 3.63) is 34.6 Å². The van der Waals surface area contributed by atoms with Crippen molar-refractivity contribution in [2.75, 3.05) is 12.4 Å². The van der Waals surface area contributed by atoms with Gasteiger partial charge in [-0.25, -0.2) is 4.98 Å². The van der Waals surface area contributed by atoms with Crippen LogP contribution >= 0.6 is 23.1 Å². The maximum Gasteiger partial charge on any atom is 0.256 e. The number of carbonyl (C=O) groups excluding carboxylic acids is 1. The van der Waals surface area contributed by atoms with Crippen molar-refractivity contribution < 1.29 is 9.53 Å². The van der Waals surface area contributed by atoms with Crippen LogP contribution in [-0.2, 0) is 0 Å². The summed E-state index contributed by atoms with van der Waals surface area (Å²) in [5, 5.41) is 7.48. The molecule has 1 amide bonds. The standard InChI is InChI=1S/C17H21ClN4O2S/c1-10-14(17(19-2)25-22-10)15(23)21-11-5-7-12(8-6-11)24-16-13(18)4-3-9-20-16/h3-4,9,11-12,19H,5-8H2,1-2H3,(H,21,23). The highest BCUT2D eigenvalue weighted by molar-refractivity contribution is 7.10. The number of halogens is 1. The Labute approximate surface area is 156 Å². The van der Waals surface area contributed by atoms with Crippen LogP contribution in [0.5, 0.6) is 5.88 Å². The lowest BCUT2D eigenvalue weighted by Gasteiger charge is -2.29. The van der Waals surface area contributed by atoms with Gasteiger partial charge in [0, 0.05) is 19.3 Å². The van der Waals surface area contributed by atoms with E-state index in [2.05, 4.69) is 20.0 Å². The highest BCUT2D eigenvalue weighted by atomic mass is 35.5. The molecule has 1 saturated carbocycles. The Hall–Kier alpha value is -1.86. The van der Waals surface area contributed by atoms with Gasteiger partial charge in [0.05, 0.1) is 11.3 Å². The normalized spacial score (nSPS) is 20.1. The summed E-state index contributed by atoms with van der Waals surface area (Å²) in [5.41, 5.74) is 1.40. The molecule has 1 aliphatic rings.